The van der Waals surface area contributed by atoms with Crippen molar-refractivity contribution in [1.82, 2.24) is 9.80 Å². The Morgan fingerprint density at radius 2 is 1.85 bits per heavy atom. The molecule has 2 fully saturated rings. The highest BCUT2D eigenvalue weighted by Gasteiger charge is 2.46. The van der Waals surface area contributed by atoms with Gasteiger partial charge >= 0.3 is 0 Å². The van der Waals surface area contributed by atoms with Gasteiger partial charge in [0.1, 0.15) is 11.4 Å². The molecule has 0 aromatic heterocycles. The van der Waals surface area contributed by atoms with Gasteiger partial charge in [0.2, 0.25) is 11.8 Å². The Bertz CT molecular complexity index is 1140. The third-order valence-corrected chi connectivity index (χ3v) is 7.80. The zero-order chi connectivity index (χ0) is 24.0. The smallest absolute Gasteiger partial charge is 0.227 e. The summed E-state index contributed by atoms with van der Waals surface area (Å²) in [6, 6.07) is 13.3. The van der Waals surface area contributed by atoms with Crippen LogP contribution in [0.2, 0.25) is 5.02 Å². The highest BCUT2D eigenvalue weighted by Crippen LogP contribution is 2.42. The van der Waals surface area contributed by atoms with Gasteiger partial charge in [-0.1, -0.05) is 41.9 Å². The SMILES string of the molecule is Cc1cc(Cl)cc2c1OC1(CCN(C(=O)C3CC(=O)N(C(C)c4ccccc4)C3)CC1)CC2=O. The molecule has 2 saturated heterocycles. The first kappa shape index (κ1) is 22.9. The van der Waals surface area contributed by atoms with E-state index in [1.165, 1.54) is 0 Å². The molecule has 0 N–H and O–H groups in total. The number of hydrogen-bond donors (Lipinski definition) is 0. The highest BCUT2D eigenvalue weighted by atomic mass is 35.5. The molecule has 3 heterocycles. The number of halogens is 1. The van der Waals surface area contributed by atoms with Gasteiger partial charge in [0, 0.05) is 43.9 Å². The van der Waals surface area contributed by atoms with Crippen LogP contribution >= 0.6 is 11.6 Å². The second-order valence-electron chi connectivity index (χ2n) is 9.84. The predicted molar refractivity (Wildman–Crippen MR) is 129 cm³/mol. The van der Waals surface area contributed by atoms with Crippen molar-refractivity contribution in [2.45, 2.75) is 51.2 Å². The molecule has 2 aromatic carbocycles. The highest BCUT2D eigenvalue weighted by molar-refractivity contribution is 6.31. The maximum absolute atomic E-state index is 13.3. The number of carbonyl (C=O) groups is 3. The van der Waals surface area contributed by atoms with E-state index < -0.39 is 5.60 Å². The van der Waals surface area contributed by atoms with E-state index in [2.05, 4.69) is 0 Å². The number of nitrogens with zero attached hydrogens (tertiary/aromatic N) is 2. The van der Waals surface area contributed by atoms with E-state index >= 15 is 0 Å². The first-order valence-electron chi connectivity index (χ1n) is 11.9. The fourth-order valence-electron chi connectivity index (χ4n) is 5.57. The number of benzene rings is 2. The third-order valence-electron chi connectivity index (χ3n) is 7.58. The Balaban J connectivity index is 1.24. The van der Waals surface area contributed by atoms with Crippen LogP contribution in [0.25, 0.3) is 0 Å². The number of hydrogen-bond acceptors (Lipinski definition) is 4. The fraction of sp³-hybridized carbons (Fsp3) is 0.444. The van der Waals surface area contributed by atoms with Crippen molar-refractivity contribution in [2.24, 2.45) is 5.92 Å². The number of likely N-dealkylation sites (tertiary alicyclic amines) is 2. The van der Waals surface area contributed by atoms with E-state index in [9.17, 15) is 14.4 Å². The molecule has 6 nitrogen and oxygen atoms in total. The van der Waals surface area contributed by atoms with Gasteiger partial charge in [-0.25, -0.2) is 0 Å². The van der Waals surface area contributed by atoms with Crippen LogP contribution in [-0.2, 0) is 9.59 Å². The zero-order valence-corrected chi connectivity index (χ0v) is 20.3. The van der Waals surface area contributed by atoms with Gasteiger partial charge in [0.25, 0.3) is 0 Å². The molecule has 0 radical (unpaired) electrons. The standard InChI is InChI=1S/C27H29ClN2O4/c1-17-12-21(28)14-22-23(31)15-27(34-25(17)22)8-10-29(11-9-27)26(33)20-13-24(32)30(16-20)18(2)19-6-4-3-5-7-19/h3-7,12,14,18,20H,8-11,13,15-16H2,1-2H3. The van der Waals surface area contributed by atoms with Crippen LogP contribution < -0.4 is 4.74 Å². The molecule has 5 rings (SSSR count). The van der Waals surface area contributed by atoms with Crippen molar-refractivity contribution in [1.29, 1.82) is 0 Å². The molecule has 2 aromatic rings. The summed E-state index contributed by atoms with van der Waals surface area (Å²) >= 11 is 6.14. The van der Waals surface area contributed by atoms with Crippen LogP contribution in [0.3, 0.4) is 0 Å². The maximum Gasteiger partial charge on any atom is 0.227 e. The summed E-state index contributed by atoms with van der Waals surface area (Å²) in [5.41, 5.74) is 1.88. The van der Waals surface area contributed by atoms with Gasteiger partial charge in [0.15, 0.2) is 5.78 Å². The lowest BCUT2D eigenvalue weighted by molar-refractivity contribution is -0.139. The quantitative estimate of drug-likeness (QED) is 0.644. The number of Topliss-reactive ketones (excluding diaryl/α,β-unsaturated/α-hetero) is 1. The molecule has 0 aliphatic carbocycles. The van der Waals surface area contributed by atoms with Crippen molar-refractivity contribution >= 4 is 29.2 Å². The van der Waals surface area contributed by atoms with Crippen LogP contribution in [-0.4, -0.2) is 52.6 Å². The average molecular weight is 481 g/mol. The monoisotopic (exact) mass is 480 g/mol. The number of ketones is 1. The molecule has 2 atom stereocenters. The normalized spacial score (nSPS) is 22.5. The number of piperidine rings is 1. The maximum atomic E-state index is 13.3. The molecular weight excluding hydrogens is 452 g/mol. The minimum Gasteiger partial charge on any atom is -0.486 e. The molecule has 0 bridgehead atoms. The number of fused-ring (bicyclic) bond motifs is 1. The number of ether oxygens (including phenoxy) is 1. The lowest BCUT2D eigenvalue weighted by Crippen LogP contribution is -2.53. The van der Waals surface area contributed by atoms with Gasteiger partial charge < -0.3 is 14.5 Å². The average Bonchev–Trinajstić information content (AvgIpc) is 3.22. The number of aryl methyl sites for hydroxylation is 1. The minimum absolute atomic E-state index is 0.0233. The first-order chi connectivity index (χ1) is 16.3. The second kappa shape index (κ2) is 8.73. The topological polar surface area (TPSA) is 66.9 Å². The second-order valence-corrected chi connectivity index (χ2v) is 10.3. The van der Waals surface area contributed by atoms with Gasteiger partial charge in [-0.2, -0.15) is 0 Å². The van der Waals surface area contributed by atoms with Crippen LogP contribution in [0, 0.1) is 12.8 Å². The largest absolute Gasteiger partial charge is 0.486 e. The molecule has 34 heavy (non-hydrogen) atoms. The molecule has 3 aliphatic heterocycles. The van der Waals surface area contributed by atoms with E-state index in [1.807, 2.05) is 60.0 Å². The Hall–Kier alpha value is -2.86. The van der Waals surface area contributed by atoms with Crippen molar-refractivity contribution in [3.05, 3.63) is 64.2 Å². The lowest BCUT2D eigenvalue weighted by Gasteiger charge is -2.44. The summed E-state index contributed by atoms with van der Waals surface area (Å²) in [4.78, 5) is 42.6. The minimum atomic E-state index is -0.585. The molecule has 178 valence electrons. The van der Waals surface area contributed by atoms with Crippen LogP contribution in [0.5, 0.6) is 5.75 Å². The lowest BCUT2D eigenvalue weighted by atomic mass is 9.81. The number of carbonyl (C=O) groups excluding carboxylic acids is 3. The van der Waals surface area contributed by atoms with Crippen molar-refractivity contribution in [2.75, 3.05) is 19.6 Å². The van der Waals surface area contributed by atoms with Crippen molar-refractivity contribution in [3.63, 3.8) is 0 Å². The van der Waals surface area contributed by atoms with Crippen LogP contribution in [0.15, 0.2) is 42.5 Å². The third kappa shape index (κ3) is 4.09. The predicted octanol–water partition coefficient (Wildman–Crippen LogP) is 4.58. The number of amides is 2. The molecule has 1 spiro atoms. The fourth-order valence-corrected chi connectivity index (χ4v) is 5.84. The molecule has 2 amide bonds. The van der Waals surface area contributed by atoms with Gasteiger partial charge in [-0.05, 0) is 37.1 Å². The van der Waals surface area contributed by atoms with E-state index in [1.54, 1.807) is 6.07 Å². The summed E-state index contributed by atoms with van der Waals surface area (Å²) in [6.45, 7) is 5.39. The van der Waals surface area contributed by atoms with Crippen molar-refractivity contribution < 1.29 is 19.1 Å². The van der Waals surface area contributed by atoms with E-state index in [0.29, 0.717) is 55.2 Å². The molecular formula is C27H29ClN2O4. The van der Waals surface area contributed by atoms with E-state index in [-0.39, 0.29) is 36.0 Å². The Kier molecular flexibility index (Phi) is 5.88. The van der Waals surface area contributed by atoms with E-state index in [4.69, 9.17) is 16.3 Å². The van der Waals surface area contributed by atoms with Gasteiger partial charge in [-0.3, -0.25) is 14.4 Å². The van der Waals surface area contributed by atoms with Crippen molar-refractivity contribution in [3.8, 4) is 5.75 Å². The van der Waals surface area contributed by atoms with Gasteiger partial charge in [-0.15, -0.1) is 0 Å². The summed E-state index contributed by atoms with van der Waals surface area (Å²) in [5.74, 6) is 0.379. The van der Waals surface area contributed by atoms with Crippen LogP contribution in [0.4, 0.5) is 0 Å². The summed E-state index contributed by atoms with van der Waals surface area (Å²) in [5, 5.41) is 0.534. The van der Waals surface area contributed by atoms with Crippen LogP contribution in [0.1, 0.15) is 60.1 Å². The molecule has 7 heteroatoms. The molecule has 0 saturated carbocycles. The van der Waals surface area contributed by atoms with Gasteiger partial charge in [0.05, 0.1) is 23.9 Å². The zero-order valence-electron chi connectivity index (χ0n) is 19.6. The Morgan fingerprint density at radius 1 is 1.15 bits per heavy atom. The molecule has 3 aliphatic rings. The van der Waals surface area contributed by atoms with E-state index in [0.717, 1.165) is 11.1 Å². The molecule has 2 unspecified atom stereocenters. The summed E-state index contributed by atoms with van der Waals surface area (Å²) in [6.07, 6.45) is 1.74. The first-order valence-corrected chi connectivity index (χ1v) is 12.3. The summed E-state index contributed by atoms with van der Waals surface area (Å²) in [7, 11) is 0. The Morgan fingerprint density at radius 3 is 2.56 bits per heavy atom. The Labute approximate surface area is 204 Å². The number of rotatable bonds is 3. The summed E-state index contributed by atoms with van der Waals surface area (Å²) < 4.78 is 6.40.